The molecule has 0 saturated heterocycles. The molecule has 7 aromatic carbocycles. The lowest BCUT2D eigenvalue weighted by atomic mass is 9.85. The molecule has 2 aromatic heterocycles. The Morgan fingerprint density at radius 1 is 0.321 bits per heavy atom. The van der Waals surface area contributed by atoms with Gasteiger partial charge in [0.2, 0.25) is 0 Å². The smallest absolute Gasteiger partial charge is 0.0619 e. The summed E-state index contributed by atoms with van der Waals surface area (Å²) in [6.07, 6.45) is 0. The Kier molecular flexibility index (Phi) is 8.66. The summed E-state index contributed by atoms with van der Waals surface area (Å²) in [5.41, 5.74) is 17.0. The lowest BCUT2D eigenvalue weighted by molar-refractivity contribution is 0.590. The highest BCUT2D eigenvalue weighted by Gasteiger charge is 2.28. The van der Waals surface area contributed by atoms with E-state index in [1.807, 2.05) is 0 Å². The Hall–Kier alpha value is -6.38. The molecule has 2 nitrogen and oxygen atoms in total. The summed E-state index contributed by atoms with van der Waals surface area (Å²) in [5, 5.41) is 2.59. The molecule has 56 heavy (non-hydrogen) atoms. The van der Waals surface area contributed by atoms with Crippen LogP contribution in [-0.2, 0) is 10.8 Å². The number of hydrogen-bond acceptors (Lipinski definition) is 0. The van der Waals surface area contributed by atoms with Crippen LogP contribution in [0.25, 0.3) is 77.9 Å². The second-order valence-corrected chi connectivity index (χ2v) is 17.1. The van der Waals surface area contributed by atoms with Gasteiger partial charge in [-0.05, 0) is 92.7 Å². The summed E-state index contributed by atoms with van der Waals surface area (Å²) in [6, 6.07) is 66.9. The van der Waals surface area contributed by atoms with Crippen molar-refractivity contribution >= 4 is 21.8 Å². The average molecular weight is 725 g/mol. The fourth-order valence-electron chi connectivity index (χ4n) is 8.33. The van der Waals surface area contributed by atoms with E-state index in [0.717, 1.165) is 11.4 Å². The molecule has 0 saturated carbocycles. The molecule has 2 heteroatoms. The van der Waals surface area contributed by atoms with E-state index in [1.54, 1.807) is 0 Å². The van der Waals surface area contributed by atoms with Gasteiger partial charge >= 0.3 is 0 Å². The van der Waals surface area contributed by atoms with Crippen molar-refractivity contribution in [1.29, 1.82) is 0 Å². The van der Waals surface area contributed by atoms with E-state index in [0.29, 0.717) is 0 Å². The summed E-state index contributed by atoms with van der Waals surface area (Å²) < 4.78 is 4.94. The van der Waals surface area contributed by atoms with Gasteiger partial charge in [0.25, 0.3) is 0 Å². The minimum Gasteiger partial charge on any atom is -0.309 e. The van der Waals surface area contributed by atoms with Crippen LogP contribution in [0.2, 0.25) is 0 Å². The van der Waals surface area contributed by atoms with Gasteiger partial charge in [-0.15, -0.1) is 0 Å². The summed E-state index contributed by atoms with van der Waals surface area (Å²) in [6.45, 7) is 13.8. The zero-order valence-corrected chi connectivity index (χ0v) is 33.2. The van der Waals surface area contributed by atoms with E-state index in [9.17, 15) is 0 Å². The first kappa shape index (κ1) is 35.3. The first-order valence-electron chi connectivity index (χ1n) is 19.8. The van der Waals surface area contributed by atoms with Gasteiger partial charge in [0.15, 0.2) is 0 Å². The van der Waals surface area contributed by atoms with E-state index in [4.69, 9.17) is 0 Å². The van der Waals surface area contributed by atoms with Crippen molar-refractivity contribution in [2.75, 3.05) is 0 Å². The van der Waals surface area contributed by atoms with Gasteiger partial charge in [-0.1, -0.05) is 175 Å². The fourth-order valence-corrected chi connectivity index (χ4v) is 8.33. The molecule has 0 amide bonds. The molecular formula is C54H48N2. The topological polar surface area (TPSA) is 9.86 Å². The molecule has 0 radical (unpaired) electrons. The van der Waals surface area contributed by atoms with Gasteiger partial charge in [0.1, 0.15) is 0 Å². The molecule has 0 bridgehead atoms. The Labute approximate surface area is 331 Å². The van der Waals surface area contributed by atoms with Crippen LogP contribution in [-0.4, -0.2) is 9.13 Å². The molecule has 0 fully saturated rings. The Balaban J connectivity index is 1.33. The van der Waals surface area contributed by atoms with Gasteiger partial charge in [0, 0.05) is 33.3 Å². The molecule has 9 rings (SSSR count). The van der Waals surface area contributed by atoms with Gasteiger partial charge in [-0.25, -0.2) is 0 Å². The van der Waals surface area contributed by atoms with E-state index in [1.165, 1.54) is 77.7 Å². The van der Waals surface area contributed by atoms with E-state index < -0.39 is 0 Å². The van der Waals surface area contributed by atoms with Crippen molar-refractivity contribution in [3.8, 4) is 56.1 Å². The average Bonchev–Trinajstić information content (AvgIpc) is 3.75. The summed E-state index contributed by atoms with van der Waals surface area (Å²) in [7, 11) is 0. The molecular weight excluding hydrogens is 677 g/mol. The molecule has 0 spiro atoms. The van der Waals surface area contributed by atoms with Crippen LogP contribution in [0.15, 0.2) is 182 Å². The molecule has 0 aliphatic heterocycles. The van der Waals surface area contributed by atoms with E-state index >= 15 is 0 Å². The Bertz CT molecular complexity index is 2640. The van der Waals surface area contributed by atoms with Gasteiger partial charge in [-0.2, -0.15) is 0 Å². The largest absolute Gasteiger partial charge is 0.309 e. The lowest BCUT2D eigenvalue weighted by Gasteiger charge is -2.19. The number of rotatable bonds is 6. The van der Waals surface area contributed by atoms with Crippen molar-refractivity contribution in [3.05, 3.63) is 193 Å². The number of aromatic nitrogens is 2. The van der Waals surface area contributed by atoms with Crippen LogP contribution in [0.4, 0.5) is 0 Å². The number of fused-ring (bicyclic) bond motifs is 3. The number of hydrogen-bond donors (Lipinski definition) is 0. The number of nitrogens with zero attached hydrogens (tertiary/aromatic N) is 2. The van der Waals surface area contributed by atoms with Crippen LogP contribution in [0.5, 0.6) is 0 Å². The maximum atomic E-state index is 2.50. The Morgan fingerprint density at radius 3 is 0.982 bits per heavy atom. The van der Waals surface area contributed by atoms with Crippen LogP contribution in [0.3, 0.4) is 0 Å². The molecule has 0 aliphatic rings. The molecule has 9 aromatic rings. The van der Waals surface area contributed by atoms with Crippen molar-refractivity contribution in [2.24, 2.45) is 0 Å². The maximum absolute atomic E-state index is 2.50. The molecule has 0 aliphatic carbocycles. The third-order valence-electron chi connectivity index (χ3n) is 11.3. The molecule has 2 heterocycles. The summed E-state index contributed by atoms with van der Waals surface area (Å²) in [5.74, 6) is 0. The second kappa shape index (κ2) is 13.7. The predicted octanol–water partition coefficient (Wildman–Crippen LogP) is 14.8. The Morgan fingerprint density at radius 2 is 0.643 bits per heavy atom. The van der Waals surface area contributed by atoms with Gasteiger partial charge < -0.3 is 9.13 Å². The normalized spacial score (nSPS) is 12.1. The van der Waals surface area contributed by atoms with Crippen molar-refractivity contribution in [1.82, 2.24) is 9.13 Å². The summed E-state index contributed by atoms with van der Waals surface area (Å²) >= 11 is 0. The highest BCUT2D eigenvalue weighted by Crippen LogP contribution is 2.50. The van der Waals surface area contributed by atoms with Crippen LogP contribution < -0.4 is 0 Å². The van der Waals surface area contributed by atoms with Gasteiger partial charge in [-0.3, -0.25) is 0 Å². The van der Waals surface area contributed by atoms with Crippen LogP contribution in [0, 0.1) is 0 Å². The van der Waals surface area contributed by atoms with Crippen molar-refractivity contribution < 1.29 is 0 Å². The SMILES string of the molecule is CC(C)(C)c1ccc2c(c1)c1cc(C(C)(C)C)ccc1n2-c1ccc(-n2c(-c3ccccc3)c(-c3ccccc3)c(-c3ccccc3)c2-c2ccccc2)cc1. The molecule has 0 unspecified atom stereocenters. The fraction of sp³-hybridized carbons (Fsp3) is 0.148. The third-order valence-corrected chi connectivity index (χ3v) is 11.3. The lowest BCUT2D eigenvalue weighted by Crippen LogP contribution is -2.10. The zero-order chi connectivity index (χ0) is 38.6. The van der Waals surface area contributed by atoms with Crippen LogP contribution in [0.1, 0.15) is 52.7 Å². The zero-order valence-electron chi connectivity index (χ0n) is 33.2. The third kappa shape index (κ3) is 6.16. The van der Waals surface area contributed by atoms with Crippen molar-refractivity contribution in [3.63, 3.8) is 0 Å². The molecule has 0 atom stereocenters. The van der Waals surface area contributed by atoms with E-state index in [2.05, 4.69) is 233 Å². The van der Waals surface area contributed by atoms with E-state index in [-0.39, 0.29) is 10.8 Å². The monoisotopic (exact) mass is 724 g/mol. The minimum atomic E-state index is 0.0484. The number of benzene rings is 7. The highest BCUT2D eigenvalue weighted by molar-refractivity contribution is 6.10. The van der Waals surface area contributed by atoms with Crippen molar-refractivity contribution in [2.45, 2.75) is 52.4 Å². The standard InChI is InChI=1S/C54H48N2/c1-53(2,3)41-27-33-47-45(35-41)46-36-42(54(4,5)6)28-34-48(46)55(47)43-29-31-44(32-30-43)56-51(39-23-15-9-16-24-39)49(37-19-11-7-12-20-37)50(38-21-13-8-14-22-38)52(56)40-25-17-10-18-26-40/h7-36H,1-6H3. The minimum absolute atomic E-state index is 0.0484. The summed E-state index contributed by atoms with van der Waals surface area (Å²) in [4.78, 5) is 0. The predicted molar refractivity (Wildman–Crippen MR) is 239 cm³/mol. The van der Waals surface area contributed by atoms with Crippen LogP contribution >= 0.6 is 0 Å². The highest BCUT2D eigenvalue weighted by atomic mass is 15.0. The molecule has 0 N–H and O–H groups in total. The quantitative estimate of drug-likeness (QED) is 0.162. The second-order valence-electron chi connectivity index (χ2n) is 17.1. The maximum Gasteiger partial charge on any atom is 0.0619 e. The molecule has 274 valence electrons. The van der Waals surface area contributed by atoms with Gasteiger partial charge in [0.05, 0.1) is 22.4 Å². The first-order valence-corrected chi connectivity index (χ1v) is 19.8. The first-order chi connectivity index (χ1) is 27.1.